The maximum absolute atomic E-state index is 12.1. The molecule has 1 amide bonds. The Kier molecular flexibility index (Phi) is 4.72. The number of sulfonamides is 1. The zero-order valence-electron chi connectivity index (χ0n) is 10.9. The van der Waals surface area contributed by atoms with Gasteiger partial charge in [0, 0.05) is 21.7 Å². The molecule has 2 rings (SSSR count). The minimum absolute atomic E-state index is 0.176. The van der Waals surface area contributed by atoms with Gasteiger partial charge in [-0.15, -0.1) is 11.3 Å². The van der Waals surface area contributed by atoms with Gasteiger partial charge < -0.3 is 11.1 Å². The van der Waals surface area contributed by atoms with Crippen molar-refractivity contribution in [3.63, 3.8) is 0 Å². The fraction of sp³-hybridized carbons (Fsp3) is 0.250. The second-order valence-electron chi connectivity index (χ2n) is 4.46. The van der Waals surface area contributed by atoms with Crippen LogP contribution in [0, 0.1) is 0 Å². The molecule has 1 heterocycles. The summed E-state index contributed by atoms with van der Waals surface area (Å²) >= 11 is 7.15. The zero-order chi connectivity index (χ0) is 15.6. The summed E-state index contributed by atoms with van der Waals surface area (Å²) in [5.41, 5.74) is 6.35. The Bertz CT molecular complexity index is 786. The highest BCUT2D eigenvalue weighted by Gasteiger charge is 2.16. The van der Waals surface area contributed by atoms with Crippen molar-refractivity contribution >= 4 is 54.6 Å². The Morgan fingerprint density at radius 3 is 2.76 bits per heavy atom. The van der Waals surface area contributed by atoms with Gasteiger partial charge in [0.05, 0.1) is 11.4 Å². The van der Waals surface area contributed by atoms with Gasteiger partial charge in [-0.3, -0.25) is 4.79 Å². The summed E-state index contributed by atoms with van der Waals surface area (Å²) in [6.45, 7) is 0.212. The van der Waals surface area contributed by atoms with Crippen molar-refractivity contribution in [2.75, 3.05) is 18.0 Å². The molecule has 9 heteroatoms. The van der Waals surface area contributed by atoms with E-state index in [0.717, 1.165) is 10.1 Å². The number of nitrogen functional groups attached to an aromatic ring is 1. The predicted octanol–water partition coefficient (Wildman–Crippen LogP) is 1.55. The van der Waals surface area contributed by atoms with Crippen LogP contribution in [0.2, 0.25) is 5.02 Å². The van der Waals surface area contributed by atoms with E-state index in [1.807, 2.05) is 0 Å². The first-order valence-corrected chi connectivity index (χ1v) is 8.95. The monoisotopic (exact) mass is 347 g/mol. The molecule has 5 N–H and O–H groups in total. The number of carbonyl (C=O) groups is 1. The van der Waals surface area contributed by atoms with Crippen LogP contribution in [0.4, 0.5) is 5.69 Å². The normalized spacial score (nSPS) is 11.7. The smallest absolute Gasteiger partial charge is 0.263 e. The van der Waals surface area contributed by atoms with E-state index in [1.54, 1.807) is 18.2 Å². The number of anilines is 1. The molecule has 0 saturated carbocycles. The molecule has 0 unspecified atom stereocenters. The van der Waals surface area contributed by atoms with E-state index in [4.69, 9.17) is 22.5 Å². The zero-order valence-corrected chi connectivity index (χ0v) is 13.3. The summed E-state index contributed by atoms with van der Waals surface area (Å²) in [5.74, 6) is -0.510. The second kappa shape index (κ2) is 6.18. The third-order valence-electron chi connectivity index (χ3n) is 2.79. The molecule has 21 heavy (non-hydrogen) atoms. The first-order valence-electron chi connectivity index (χ1n) is 6.04. The van der Waals surface area contributed by atoms with E-state index in [-0.39, 0.29) is 24.6 Å². The van der Waals surface area contributed by atoms with Gasteiger partial charge in [0.25, 0.3) is 5.91 Å². The quantitative estimate of drug-likeness (QED) is 0.711. The molecular formula is C12H14ClN3O3S2. The molecule has 2 aromatic rings. The Balaban J connectivity index is 2.07. The van der Waals surface area contributed by atoms with Gasteiger partial charge in [0.15, 0.2) is 0 Å². The van der Waals surface area contributed by atoms with Gasteiger partial charge in [-0.1, -0.05) is 11.6 Å². The predicted molar refractivity (Wildman–Crippen MR) is 86.2 cm³/mol. The first kappa shape index (κ1) is 16.0. The van der Waals surface area contributed by atoms with E-state index in [1.165, 1.54) is 11.3 Å². The molecule has 0 radical (unpaired) electrons. The fourth-order valence-corrected chi connectivity index (χ4v) is 3.68. The maximum Gasteiger partial charge on any atom is 0.263 e. The number of benzene rings is 1. The van der Waals surface area contributed by atoms with Crippen LogP contribution in [-0.4, -0.2) is 26.6 Å². The number of nitrogens with two attached hydrogens (primary N) is 2. The van der Waals surface area contributed by atoms with Gasteiger partial charge in [0.1, 0.15) is 4.88 Å². The molecule has 0 aliphatic rings. The molecule has 114 valence electrons. The Labute approximate surface area is 131 Å². The number of hydrogen-bond acceptors (Lipinski definition) is 5. The lowest BCUT2D eigenvalue weighted by molar-refractivity contribution is 0.0958. The molecule has 1 aromatic carbocycles. The van der Waals surface area contributed by atoms with Gasteiger partial charge in [0.2, 0.25) is 10.0 Å². The summed E-state index contributed by atoms with van der Waals surface area (Å²) < 4.78 is 22.4. The van der Waals surface area contributed by atoms with Crippen molar-refractivity contribution in [2.24, 2.45) is 5.14 Å². The highest BCUT2D eigenvalue weighted by Crippen LogP contribution is 2.35. The van der Waals surface area contributed by atoms with Crippen molar-refractivity contribution in [3.8, 4) is 0 Å². The summed E-state index contributed by atoms with van der Waals surface area (Å²) in [6.07, 6.45) is 0.251. The van der Waals surface area contributed by atoms with Crippen LogP contribution in [0.3, 0.4) is 0 Å². The number of nitrogens with one attached hydrogen (secondary N) is 1. The topological polar surface area (TPSA) is 115 Å². The number of fused-ring (bicyclic) bond motifs is 1. The Hall–Kier alpha value is -1.35. The Morgan fingerprint density at radius 1 is 1.38 bits per heavy atom. The van der Waals surface area contributed by atoms with E-state index in [0.29, 0.717) is 15.6 Å². The SMILES string of the molecule is Nc1c(C(=O)NCCCS(N)(=O)=O)sc2cc(Cl)ccc12. The molecule has 0 fully saturated rings. The van der Waals surface area contributed by atoms with Crippen LogP contribution in [-0.2, 0) is 10.0 Å². The molecule has 0 atom stereocenters. The van der Waals surface area contributed by atoms with Crippen LogP contribution in [0.1, 0.15) is 16.1 Å². The third kappa shape index (κ3) is 4.07. The molecular weight excluding hydrogens is 334 g/mol. The number of halogens is 1. The highest BCUT2D eigenvalue weighted by molar-refractivity contribution is 7.89. The molecule has 0 spiro atoms. The highest BCUT2D eigenvalue weighted by atomic mass is 35.5. The molecule has 6 nitrogen and oxygen atoms in total. The van der Waals surface area contributed by atoms with E-state index in [9.17, 15) is 13.2 Å². The van der Waals surface area contributed by atoms with Crippen LogP contribution in [0.25, 0.3) is 10.1 Å². The number of thiophene rings is 1. The minimum Gasteiger partial charge on any atom is -0.397 e. The largest absolute Gasteiger partial charge is 0.397 e. The van der Waals surface area contributed by atoms with Crippen molar-refractivity contribution in [1.29, 1.82) is 0 Å². The first-order chi connectivity index (χ1) is 9.78. The summed E-state index contributed by atoms with van der Waals surface area (Å²) in [5, 5.41) is 8.86. The molecule has 0 saturated heterocycles. The second-order valence-corrected chi connectivity index (χ2v) is 7.68. The standard InChI is InChI=1S/C12H14ClN3O3S2/c13-7-2-3-8-9(6-7)20-11(10(8)14)12(17)16-4-1-5-21(15,18)19/h2-3,6H,1,4-5,14H2,(H,16,17)(H2,15,18,19). The molecule has 1 aromatic heterocycles. The summed E-state index contributed by atoms with van der Waals surface area (Å²) in [6, 6.07) is 5.22. The number of amides is 1. The van der Waals surface area contributed by atoms with Gasteiger partial charge in [-0.05, 0) is 24.6 Å². The van der Waals surface area contributed by atoms with Crippen LogP contribution < -0.4 is 16.2 Å². The lowest BCUT2D eigenvalue weighted by atomic mass is 10.2. The van der Waals surface area contributed by atoms with Crippen LogP contribution in [0.15, 0.2) is 18.2 Å². The lowest BCUT2D eigenvalue weighted by Gasteiger charge is -2.03. The van der Waals surface area contributed by atoms with Crippen molar-refractivity contribution in [3.05, 3.63) is 28.1 Å². The number of rotatable bonds is 5. The van der Waals surface area contributed by atoms with Crippen molar-refractivity contribution in [2.45, 2.75) is 6.42 Å². The molecule has 0 bridgehead atoms. The van der Waals surface area contributed by atoms with E-state index in [2.05, 4.69) is 5.32 Å². The van der Waals surface area contributed by atoms with E-state index >= 15 is 0 Å². The number of carbonyl (C=O) groups excluding carboxylic acids is 1. The van der Waals surface area contributed by atoms with Gasteiger partial charge in [-0.2, -0.15) is 0 Å². The average molecular weight is 348 g/mol. The lowest BCUT2D eigenvalue weighted by Crippen LogP contribution is -2.27. The van der Waals surface area contributed by atoms with Crippen LogP contribution >= 0.6 is 22.9 Å². The number of primary sulfonamides is 1. The van der Waals surface area contributed by atoms with E-state index < -0.39 is 10.0 Å². The van der Waals surface area contributed by atoms with Crippen molar-refractivity contribution in [1.82, 2.24) is 5.32 Å². The van der Waals surface area contributed by atoms with Crippen molar-refractivity contribution < 1.29 is 13.2 Å². The third-order valence-corrected chi connectivity index (χ3v) is 5.05. The van der Waals surface area contributed by atoms with Gasteiger partial charge >= 0.3 is 0 Å². The summed E-state index contributed by atoms with van der Waals surface area (Å²) in [4.78, 5) is 12.4. The van der Waals surface area contributed by atoms with Gasteiger partial charge in [-0.25, -0.2) is 13.6 Å². The number of hydrogen-bond donors (Lipinski definition) is 3. The fourth-order valence-electron chi connectivity index (χ4n) is 1.81. The molecule has 0 aliphatic heterocycles. The Morgan fingerprint density at radius 2 is 2.10 bits per heavy atom. The minimum atomic E-state index is -3.51. The maximum atomic E-state index is 12.1. The molecule has 0 aliphatic carbocycles. The average Bonchev–Trinajstić information content (AvgIpc) is 2.70. The van der Waals surface area contributed by atoms with Crippen LogP contribution in [0.5, 0.6) is 0 Å². The summed E-state index contributed by atoms with van der Waals surface area (Å²) in [7, 11) is -3.51.